The van der Waals surface area contributed by atoms with Crippen molar-refractivity contribution in [2.45, 2.75) is 39.2 Å². The molecular formula is C22H25ClN2OS. The van der Waals surface area contributed by atoms with Crippen molar-refractivity contribution in [1.82, 2.24) is 9.55 Å². The lowest BCUT2D eigenvalue weighted by Gasteiger charge is -2.13. The molecule has 1 N–H and O–H groups in total. The SMILES string of the molecule is CCCCc1ncc(/C=C(/CO)Cc2cccs2)n1Cc1ccccc1Cl. The Bertz CT molecular complexity index is 884. The first-order chi connectivity index (χ1) is 13.2. The molecule has 1 aromatic carbocycles. The molecule has 27 heavy (non-hydrogen) atoms. The van der Waals surface area contributed by atoms with Gasteiger partial charge < -0.3 is 9.67 Å². The average molecular weight is 401 g/mol. The summed E-state index contributed by atoms with van der Waals surface area (Å²) < 4.78 is 2.22. The molecule has 3 aromatic rings. The number of aliphatic hydroxyl groups is 1. The van der Waals surface area contributed by atoms with Crippen molar-refractivity contribution in [3.05, 3.63) is 80.5 Å². The molecule has 0 aliphatic heterocycles. The first-order valence-electron chi connectivity index (χ1n) is 9.31. The standard InChI is InChI=1S/C22H25ClN2OS/c1-2-3-10-22-24-14-19(12-17(16-26)13-20-8-6-11-27-20)25(22)15-18-7-4-5-9-21(18)23/h4-9,11-12,14,26H,2-3,10,13,15-16H2,1H3/b17-12+. The van der Waals surface area contributed by atoms with Gasteiger partial charge >= 0.3 is 0 Å². The van der Waals surface area contributed by atoms with Crippen molar-refractivity contribution in [1.29, 1.82) is 0 Å². The van der Waals surface area contributed by atoms with E-state index in [0.29, 0.717) is 6.54 Å². The maximum absolute atomic E-state index is 9.84. The predicted molar refractivity (Wildman–Crippen MR) is 114 cm³/mol. The molecule has 0 fully saturated rings. The maximum atomic E-state index is 9.84. The Balaban J connectivity index is 1.92. The number of benzene rings is 1. The number of aliphatic hydroxyl groups excluding tert-OH is 1. The van der Waals surface area contributed by atoms with Gasteiger partial charge in [0.15, 0.2) is 0 Å². The van der Waals surface area contributed by atoms with Crippen LogP contribution in [0, 0.1) is 0 Å². The Hall–Kier alpha value is -1.88. The molecule has 5 heteroatoms. The Morgan fingerprint density at radius 1 is 1.26 bits per heavy atom. The van der Waals surface area contributed by atoms with Crippen LogP contribution in [0.1, 0.15) is 41.7 Å². The van der Waals surface area contributed by atoms with E-state index in [-0.39, 0.29) is 6.61 Å². The van der Waals surface area contributed by atoms with Gasteiger partial charge in [-0.15, -0.1) is 11.3 Å². The predicted octanol–water partition coefficient (Wildman–Crippen LogP) is 5.61. The van der Waals surface area contributed by atoms with E-state index >= 15 is 0 Å². The summed E-state index contributed by atoms with van der Waals surface area (Å²) in [5.41, 5.74) is 3.08. The van der Waals surface area contributed by atoms with E-state index in [1.165, 1.54) is 4.88 Å². The van der Waals surface area contributed by atoms with Crippen molar-refractivity contribution in [2.24, 2.45) is 0 Å². The summed E-state index contributed by atoms with van der Waals surface area (Å²) in [6, 6.07) is 12.1. The van der Waals surface area contributed by atoms with Crippen LogP contribution >= 0.6 is 22.9 Å². The summed E-state index contributed by atoms with van der Waals surface area (Å²) in [5, 5.41) is 12.7. The third-order valence-electron chi connectivity index (χ3n) is 4.55. The van der Waals surface area contributed by atoms with E-state index in [1.807, 2.05) is 30.5 Å². The molecule has 3 rings (SSSR count). The highest BCUT2D eigenvalue weighted by atomic mass is 35.5. The van der Waals surface area contributed by atoms with E-state index in [4.69, 9.17) is 11.6 Å². The fourth-order valence-electron chi connectivity index (χ4n) is 3.06. The third-order valence-corrected chi connectivity index (χ3v) is 5.79. The molecular weight excluding hydrogens is 376 g/mol. The zero-order chi connectivity index (χ0) is 19.1. The summed E-state index contributed by atoms with van der Waals surface area (Å²) in [4.78, 5) is 5.91. The number of hydrogen-bond acceptors (Lipinski definition) is 3. The molecule has 2 aromatic heterocycles. The van der Waals surface area contributed by atoms with E-state index in [9.17, 15) is 5.11 Å². The van der Waals surface area contributed by atoms with Crippen molar-refractivity contribution >= 4 is 29.0 Å². The summed E-state index contributed by atoms with van der Waals surface area (Å²) in [7, 11) is 0. The Morgan fingerprint density at radius 2 is 2.11 bits per heavy atom. The molecule has 0 saturated carbocycles. The van der Waals surface area contributed by atoms with Crippen LogP contribution in [0.15, 0.2) is 53.5 Å². The largest absolute Gasteiger partial charge is 0.392 e. The van der Waals surface area contributed by atoms with Gasteiger partial charge in [-0.3, -0.25) is 0 Å². The normalized spacial score (nSPS) is 11.9. The maximum Gasteiger partial charge on any atom is 0.109 e. The highest BCUT2D eigenvalue weighted by molar-refractivity contribution is 7.09. The van der Waals surface area contributed by atoms with Gasteiger partial charge in [0.1, 0.15) is 5.82 Å². The van der Waals surface area contributed by atoms with Gasteiger partial charge in [-0.05, 0) is 41.1 Å². The molecule has 0 bridgehead atoms. The molecule has 0 unspecified atom stereocenters. The number of imidazole rings is 1. The van der Waals surface area contributed by atoms with Gasteiger partial charge in [-0.1, -0.05) is 49.2 Å². The number of rotatable bonds is 9. The van der Waals surface area contributed by atoms with Gasteiger partial charge in [0.2, 0.25) is 0 Å². The van der Waals surface area contributed by atoms with E-state index in [1.54, 1.807) is 11.3 Å². The summed E-state index contributed by atoms with van der Waals surface area (Å²) in [6.07, 6.45) is 7.91. The second-order valence-electron chi connectivity index (χ2n) is 6.60. The minimum absolute atomic E-state index is 0.0411. The zero-order valence-corrected chi connectivity index (χ0v) is 17.1. The van der Waals surface area contributed by atoms with Crippen LogP contribution in [0.2, 0.25) is 5.02 Å². The van der Waals surface area contributed by atoms with E-state index in [0.717, 1.165) is 53.4 Å². The van der Waals surface area contributed by atoms with Crippen LogP contribution in [-0.4, -0.2) is 21.3 Å². The molecule has 0 saturated heterocycles. The molecule has 0 radical (unpaired) electrons. The van der Waals surface area contributed by atoms with Gasteiger partial charge in [0.05, 0.1) is 25.0 Å². The molecule has 0 spiro atoms. The Kier molecular flexibility index (Phi) is 7.27. The number of unbranched alkanes of at least 4 members (excludes halogenated alkanes) is 1. The van der Waals surface area contributed by atoms with E-state index < -0.39 is 0 Å². The number of hydrogen-bond donors (Lipinski definition) is 1. The molecule has 0 aliphatic rings. The Morgan fingerprint density at radius 3 is 2.81 bits per heavy atom. The van der Waals surface area contributed by atoms with Crippen molar-refractivity contribution in [3.8, 4) is 0 Å². The highest BCUT2D eigenvalue weighted by Crippen LogP contribution is 2.22. The number of nitrogens with zero attached hydrogens (tertiary/aromatic N) is 2. The molecule has 142 valence electrons. The summed E-state index contributed by atoms with van der Waals surface area (Å²) in [5.74, 6) is 1.07. The van der Waals surface area contributed by atoms with Crippen molar-refractivity contribution < 1.29 is 5.11 Å². The van der Waals surface area contributed by atoms with Crippen LogP contribution in [-0.2, 0) is 19.4 Å². The number of aromatic nitrogens is 2. The van der Waals surface area contributed by atoms with Gasteiger partial charge in [-0.2, -0.15) is 0 Å². The minimum atomic E-state index is 0.0411. The first-order valence-corrected chi connectivity index (χ1v) is 10.6. The fraction of sp³-hybridized carbons (Fsp3) is 0.318. The van der Waals surface area contributed by atoms with E-state index in [2.05, 4.69) is 40.1 Å². The molecule has 2 heterocycles. The lowest BCUT2D eigenvalue weighted by Crippen LogP contribution is -2.08. The third kappa shape index (κ3) is 5.32. The average Bonchev–Trinajstić information content (AvgIpc) is 3.32. The first kappa shape index (κ1) is 19.9. The number of halogens is 1. The van der Waals surface area contributed by atoms with Gasteiger partial charge in [-0.25, -0.2) is 4.98 Å². The smallest absolute Gasteiger partial charge is 0.109 e. The van der Waals surface area contributed by atoms with Gasteiger partial charge in [0, 0.05) is 22.7 Å². The quantitative estimate of drug-likeness (QED) is 0.507. The number of aryl methyl sites for hydroxylation is 1. The van der Waals surface area contributed by atoms with Gasteiger partial charge in [0.25, 0.3) is 0 Å². The molecule has 3 nitrogen and oxygen atoms in total. The second-order valence-corrected chi connectivity index (χ2v) is 8.04. The summed E-state index contributed by atoms with van der Waals surface area (Å²) >= 11 is 8.10. The monoisotopic (exact) mass is 400 g/mol. The molecule has 0 aliphatic carbocycles. The van der Waals surface area contributed by atoms with Crippen LogP contribution in [0.5, 0.6) is 0 Å². The van der Waals surface area contributed by atoms with Crippen LogP contribution in [0.3, 0.4) is 0 Å². The fourth-order valence-corrected chi connectivity index (χ4v) is 4.01. The zero-order valence-electron chi connectivity index (χ0n) is 15.6. The lowest BCUT2D eigenvalue weighted by atomic mass is 10.1. The highest BCUT2D eigenvalue weighted by Gasteiger charge is 2.12. The summed E-state index contributed by atoms with van der Waals surface area (Å²) in [6.45, 7) is 2.91. The molecule has 0 amide bonds. The van der Waals surface area contributed by atoms with Crippen LogP contribution < -0.4 is 0 Å². The topological polar surface area (TPSA) is 38.1 Å². The van der Waals surface area contributed by atoms with Crippen molar-refractivity contribution in [3.63, 3.8) is 0 Å². The van der Waals surface area contributed by atoms with Crippen LogP contribution in [0.25, 0.3) is 6.08 Å². The molecule has 0 atom stereocenters. The Labute approximate surface area is 170 Å². The van der Waals surface area contributed by atoms with Crippen molar-refractivity contribution in [2.75, 3.05) is 6.61 Å². The minimum Gasteiger partial charge on any atom is -0.392 e. The van der Waals surface area contributed by atoms with Crippen LogP contribution in [0.4, 0.5) is 0 Å². The lowest BCUT2D eigenvalue weighted by molar-refractivity contribution is 0.329. The second kappa shape index (κ2) is 9.88. The number of thiophene rings is 1.